The summed E-state index contributed by atoms with van der Waals surface area (Å²) in [5.41, 5.74) is 0.746. The van der Waals surface area contributed by atoms with Crippen LogP contribution in [0.25, 0.3) is 0 Å². The van der Waals surface area contributed by atoms with E-state index in [0.717, 1.165) is 32.8 Å². The van der Waals surface area contributed by atoms with Crippen LogP contribution < -0.4 is 5.32 Å². The van der Waals surface area contributed by atoms with Crippen molar-refractivity contribution in [3.8, 4) is 0 Å². The van der Waals surface area contributed by atoms with Crippen molar-refractivity contribution >= 4 is 0 Å². The minimum absolute atomic E-state index is 0.321. The molecular formula is C16H33N3O. The first kappa shape index (κ1) is 16.2. The molecule has 2 aliphatic rings. The molecule has 4 heteroatoms. The third-order valence-electron chi connectivity index (χ3n) is 5.34. The van der Waals surface area contributed by atoms with Gasteiger partial charge in [-0.15, -0.1) is 0 Å². The SMILES string of the molecule is CCNCC1(CN(C)CC2(N(C)C)CCC2)CCOC1. The molecule has 1 heterocycles. The molecule has 0 spiro atoms. The molecule has 0 amide bonds. The molecule has 1 N–H and O–H groups in total. The Labute approximate surface area is 124 Å². The van der Waals surface area contributed by atoms with Crippen LogP contribution in [0.3, 0.4) is 0 Å². The number of likely N-dealkylation sites (N-methyl/N-ethyl adjacent to an activating group) is 2. The second kappa shape index (κ2) is 6.73. The zero-order valence-corrected chi connectivity index (χ0v) is 13.9. The fourth-order valence-corrected chi connectivity index (χ4v) is 3.82. The summed E-state index contributed by atoms with van der Waals surface area (Å²) in [4.78, 5) is 4.99. The first-order valence-electron chi connectivity index (χ1n) is 8.16. The predicted molar refractivity (Wildman–Crippen MR) is 84.2 cm³/mol. The van der Waals surface area contributed by atoms with Crippen LogP contribution >= 0.6 is 0 Å². The third-order valence-corrected chi connectivity index (χ3v) is 5.34. The van der Waals surface area contributed by atoms with E-state index in [1.165, 1.54) is 32.2 Å². The highest BCUT2D eigenvalue weighted by atomic mass is 16.5. The molecule has 0 aromatic rings. The van der Waals surface area contributed by atoms with Crippen molar-refractivity contribution in [1.82, 2.24) is 15.1 Å². The van der Waals surface area contributed by atoms with E-state index in [9.17, 15) is 0 Å². The highest BCUT2D eigenvalue weighted by Crippen LogP contribution is 2.37. The number of nitrogens with one attached hydrogen (secondary N) is 1. The van der Waals surface area contributed by atoms with Crippen LogP contribution in [0, 0.1) is 5.41 Å². The van der Waals surface area contributed by atoms with E-state index in [-0.39, 0.29) is 0 Å². The summed E-state index contributed by atoms with van der Waals surface area (Å²) in [6, 6.07) is 0. The Morgan fingerprint density at radius 3 is 2.30 bits per heavy atom. The molecule has 0 bridgehead atoms. The number of hydrogen-bond donors (Lipinski definition) is 1. The maximum atomic E-state index is 5.70. The Hall–Kier alpha value is -0.160. The lowest BCUT2D eigenvalue weighted by molar-refractivity contribution is 0.0139. The molecule has 1 aliphatic carbocycles. The topological polar surface area (TPSA) is 27.7 Å². The van der Waals surface area contributed by atoms with Gasteiger partial charge >= 0.3 is 0 Å². The average Bonchev–Trinajstić information content (AvgIpc) is 2.80. The smallest absolute Gasteiger partial charge is 0.0547 e. The molecule has 1 aliphatic heterocycles. The lowest BCUT2D eigenvalue weighted by atomic mass is 9.75. The van der Waals surface area contributed by atoms with Crippen LogP contribution in [0.15, 0.2) is 0 Å². The highest BCUT2D eigenvalue weighted by molar-refractivity contribution is 4.99. The van der Waals surface area contributed by atoms with Gasteiger partial charge in [0.05, 0.1) is 6.61 Å². The van der Waals surface area contributed by atoms with Gasteiger partial charge in [-0.3, -0.25) is 0 Å². The summed E-state index contributed by atoms with van der Waals surface area (Å²) < 4.78 is 5.70. The van der Waals surface area contributed by atoms with Gasteiger partial charge in [-0.1, -0.05) is 6.92 Å². The number of hydrogen-bond acceptors (Lipinski definition) is 4. The van der Waals surface area contributed by atoms with E-state index < -0.39 is 0 Å². The Morgan fingerprint density at radius 1 is 1.10 bits per heavy atom. The summed E-state index contributed by atoms with van der Waals surface area (Å²) in [6.45, 7) is 8.50. The van der Waals surface area contributed by atoms with Gasteiger partial charge < -0.3 is 19.9 Å². The molecule has 0 radical (unpaired) electrons. The largest absolute Gasteiger partial charge is 0.381 e. The quantitative estimate of drug-likeness (QED) is 0.729. The molecular weight excluding hydrogens is 250 g/mol. The van der Waals surface area contributed by atoms with Gasteiger partial charge in [0, 0.05) is 37.2 Å². The molecule has 0 aromatic carbocycles. The van der Waals surface area contributed by atoms with Crippen molar-refractivity contribution < 1.29 is 4.74 Å². The van der Waals surface area contributed by atoms with Gasteiger partial charge in [-0.05, 0) is 53.4 Å². The van der Waals surface area contributed by atoms with Crippen molar-refractivity contribution in [1.29, 1.82) is 0 Å². The minimum atomic E-state index is 0.321. The van der Waals surface area contributed by atoms with Crippen molar-refractivity contribution in [2.24, 2.45) is 5.41 Å². The molecule has 1 unspecified atom stereocenters. The summed E-state index contributed by atoms with van der Waals surface area (Å²) in [7, 11) is 6.76. The molecule has 2 rings (SSSR count). The van der Waals surface area contributed by atoms with Crippen molar-refractivity contribution in [2.45, 2.75) is 38.1 Å². The molecule has 1 saturated heterocycles. The van der Waals surface area contributed by atoms with E-state index in [2.05, 4.69) is 43.2 Å². The monoisotopic (exact) mass is 283 g/mol. The first-order valence-corrected chi connectivity index (χ1v) is 8.16. The lowest BCUT2D eigenvalue weighted by Gasteiger charge is -2.50. The maximum Gasteiger partial charge on any atom is 0.0547 e. The van der Waals surface area contributed by atoms with Crippen LogP contribution in [0.5, 0.6) is 0 Å². The fraction of sp³-hybridized carbons (Fsp3) is 1.00. The zero-order chi connectivity index (χ0) is 14.6. The van der Waals surface area contributed by atoms with Crippen molar-refractivity contribution in [3.05, 3.63) is 0 Å². The Balaban J connectivity index is 1.89. The maximum absolute atomic E-state index is 5.70. The molecule has 0 aromatic heterocycles. The van der Waals surface area contributed by atoms with Crippen LogP contribution in [-0.4, -0.2) is 75.9 Å². The minimum Gasteiger partial charge on any atom is -0.381 e. The standard InChI is InChI=1S/C16H33N3O/c1-5-17-11-15(9-10-20-14-15)12-19(4)13-16(18(2)3)7-6-8-16/h17H,5-14H2,1-4H3. The molecule has 2 fully saturated rings. The van der Waals surface area contributed by atoms with Gasteiger partial charge in [-0.25, -0.2) is 0 Å². The summed E-state index contributed by atoms with van der Waals surface area (Å²) >= 11 is 0. The van der Waals surface area contributed by atoms with Gasteiger partial charge in [-0.2, -0.15) is 0 Å². The van der Waals surface area contributed by atoms with Crippen LogP contribution in [0.4, 0.5) is 0 Å². The van der Waals surface area contributed by atoms with E-state index in [1.54, 1.807) is 0 Å². The average molecular weight is 283 g/mol. The Morgan fingerprint density at radius 2 is 1.85 bits per heavy atom. The van der Waals surface area contributed by atoms with E-state index >= 15 is 0 Å². The van der Waals surface area contributed by atoms with E-state index in [0.29, 0.717) is 11.0 Å². The van der Waals surface area contributed by atoms with E-state index in [1.807, 2.05) is 0 Å². The molecule has 20 heavy (non-hydrogen) atoms. The van der Waals surface area contributed by atoms with Gasteiger partial charge in [0.2, 0.25) is 0 Å². The van der Waals surface area contributed by atoms with Crippen molar-refractivity contribution in [3.63, 3.8) is 0 Å². The zero-order valence-electron chi connectivity index (χ0n) is 13.9. The molecule has 1 atom stereocenters. The number of rotatable bonds is 8. The van der Waals surface area contributed by atoms with Crippen molar-refractivity contribution in [2.75, 3.05) is 60.5 Å². The second-order valence-electron chi connectivity index (χ2n) is 7.23. The Kier molecular flexibility index (Phi) is 5.46. The van der Waals surface area contributed by atoms with Gasteiger partial charge in [0.15, 0.2) is 0 Å². The molecule has 4 nitrogen and oxygen atoms in total. The number of ether oxygens (including phenoxy) is 1. The predicted octanol–water partition coefficient (Wildman–Crippen LogP) is 1.42. The van der Waals surface area contributed by atoms with Crippen LogP contribution in [-0.2, 0) is 4.74 Å². The van der Waals surface area contributed by atoms with E-state index in [4.69, 9.17) is 4.74 Å². The summed E-state index contributed by atoms with van der Waals surface area (Å²) in [6.07, 6.45) is 5.28. The summed E-state index contributed by atoms with van der Waals surface area (Å²) in [5, 5.41) is 3.53. The normalized spacial score (nSPS) is 29.1. The molecule has 1 saturated carbocycles. The van der Waals surface area contributed by atoms with Crippen LogP contribution in [0.1, 0.15) is 32.6 Å². The highest BCUT2D eigenvalue weighted by Gasteiger charge is 2.42. The Bertz CT molecular complexity index is 296. The lowest BCUT2D eigenvalue weighted by Crippen LogP contribution is -2.58. The summed E-state index contributed by atoms with van der Waals surface area (Å²) in [5.74, 6) is 0. The van der Waals surface area contributed by atoms with Crippen LogP contribution in [0.2, 0.25) is 0 Å². The number of nitrogens with zero attached hydrogens (tertiary/aromatic N) is 2. The van der Waals surface area contributed by atoms with Gasteiger partial charge in [0.1, 0.15) is 0 Å². The fourth-order valence-electron chi connectivity index (χ4n) is 3.82. The first-order chi connectivity index (χ1) is 9.52. The van der Waals surface area contributed by atoms with Gasteiger partial charge in [0.25, 0.3) is 0 Å². The second-order valence-corrected chi connectivity index (χ2v) is 7.23. The molecule has 118 valence electrons. The third kappa shape index (κ3) is 3.53.